The second kappa shape index (κ2) is 7.95. The van der Waals surface area contributed by atoms with E-state index < -0.39 is 16.1 Å². The molecule has 2 heterocycles. The molecule has 0 bridgehead atoms. The predicted octanol–water partition coefficient (Wildman–Crippen LogP) is 1.29. The topological polar surface area (TPSA) is 100 Å². The third kappa shape index (κ3) is 5.06. The van der Waals surface area contributed by atoms with Gasteiger partial charge in [0.2, 0.25) is 10.0 Å². The molecule has 2 N–H and O–H groups in total. The summed E-state index contributed by atoms with van der Waals surface area (Å²) in [5.74, 6) is 1.89. The van der Waals surface area contributed by atoms with Gasteiger partial charge in [0.15, 0.2) is 5.82 Å². The van der Waals surface area contributed by atoms with E-state index in [1.807, 2.05) is 26.0 Å². The molecule has 0 saturated carbocycles. The fourth-order valence-corrected chi connectivity index (χ4v) is 4.19. The average molecular weight is 394 g/mol. The van der Waals surface area contributed by atoms with Crippen molar-refractivity contribution in [1.82, 2.24) is 24.4 Å². The van der Waals surface area contributed by atoms with Gasteiger partial charge in [-0.15, -0.1) is 10.2 Å². The Labute approximate surface area is 160 Å². The van der Waals surface area contributed by atoms with Gasteiger partial charge in [-0.2, -0.15) is 0 Å². The van der Waals surface area contributed by atoms with Gasteiger partial charge < -0.3 is 9.67 Å². The molecule has 1 aliphatic rings. The van der Waals surface area contributed by atoms with Crippen LogP contribution in [0, 0.1) is 5.92 Å². The largest absolute Gasteiger partial charge is 0.508 e. The van der Waals surface area contributed by atoms with Gasteiger partial charge in [-0.3, -0.25) is 4.90 Å². The van der Waals surface area contributed by atoms with Crippen LogP contribution in [0.2, 0.25) is 0 Å². The molecule has 1 aliphatic heterocycles. The van der Waals surface area contributed by atoms with Crippen molar-refractivity contribution in [3.05, 3.63) is 41.5 Å². The Morgan fingerprint density at radius 2 is 1.85 bits per heavy atom. The molecular weight excluding hydrogens is 366 g/mol. The first-order valence-electron chi connectivity index (χ1n) is 9.12. The third-order valence-corrected chi connectivity index (χ3v) is 5.46. The molecule has 2 aromatic rings. The Balaban J connectivity index is 1.75. The van der Waals surface area contributed by atoms with Gasteiger partial charge in [-0.05, 0) is 23.6 Å². The third-order valence-electron chi connectivity index (χ3n) is 4.78. The Morgan fingerprint density at radius 3 is 2.48 bits per heavy atom. The minimum absolute atomic E-state index is 0.0596. The molecule has 0 aliphatic carbocycles. The Morgan fingerprint density at radius 1 is 1.15 bits per heavy atom. The van der Waals surface area contributed by atoms with Gasteiger partial charge in [-0.1, -0.05) is 26.0 Å². The molecule has 0 spiro atoms. The van der Waals surface area contributed by atoms with Crippen LogP contribution >= 0.6 is 0 Å². The van der Waals surface area contributed by atoms with Crippen molar-refractivity contribution in [3.63, 3.8) is 0 Å². The number of sulfonamides is 1. The molecule has 27 heavy (non-hydrogen) atoms. The monoisotopic (exact) mass is 393 g/mol. The van der Waals surface area contributed by atoms with E-state index in [-0.39, 0.29) is 11.7 Å². The number of aromatic hydroxyl groups is 1. The van der Waals surface area contributed by atoms with Gasteiger partial charge >= 0.3 is 0 Å². The van der Waals surface area contributed by atoms with Gasteiger partial charge in [-0.25, -0.2) is 13.1 Å². The van der Waals surface area contributed by atoms with Crippen LogP contribution in [-0.2, 0) is 29.5 Å². The van der Waals surface area contributed by atoms with Crippen molar-refractivity contribution < 1.29 is 13.5 Å². The number of rotatable bonds is 6. The van der Waals surface area contributed by atoms with E-state index in [1.165, 1.54) is 6.26 Å². The Bertz CT molecular complexity index is 877. The molecule has 0 saturated heterocycles. The second-order valence-corrected chi connectivity index (χ2v) is 9.21. The fourth-order valence-electron chi connectivity index (χ4n) is 3.35. The van der Waals surface area contributed by atoms with E-state index in [2.05, 4.69) is 24.4 Å². The lowest BCUT2D eigenvalue weighted by atomic mass is 10.1. The minimum atomic E-state index is -3.35. The number of hydrogen-bond acceptors (Lipinski definition) is 6. The Kier molecular flexibility index (Phi) is 5.83. The molecular formula is C18H27N5O3S. The van der Waals surface area contributed by atoms with Gasteiger partial charge in [0.25, 0.3) is 0 Å². The summed E-state index contributed by atoms with van der Waals surface area (Å²) in [6.45, 7) is 7.12. The molecule has 1 aromatic carbocycles. The number of benzene rings is 1. The zero-order chi connectivity index (χ0) is 19.6. The summed E-state index contributed by atoms with van der Waals surface area (Å²) >= 11 is 0. The van der Waals surface area contributed by atoms with E-state index in [1.54, 1.807) is 12.1 Å². The van der Waals surface area contributed by atoms with Crippen molar-refractivity contribution in [2.75, 3.05) is 19.3 Å². The summed E-state index contributed by atoms with van der Waals surface area (Å²) in [5.41, 5.74) is 1.14. The first kappa shape index (κ1) is 19.8. The van der Waals surface area contributed by atoms with Crippen molar-refractivity contribution in [1.29, 1.82) is 0 Å². The molecule has 1 unspecified atom stereocenters. The highest BCUT2D eigenvalue weighted by atomic mass is 32.2. The fraction of sp³-hybridized carbons (Fsp3) is 0.556. The number of phenols is 1. The predicted molar refractivity (Wildman–Crippen MR) is 103 cm³/mol. The van der Waals surface area contributed by atoms with E-state index in [0.29, 0.717) is 12.4 Å². The lowest BCUT2D eigenvalue weighted by Crippen LogP contribution is -2.33. The number of phenolic OH excluding ortho intramolecular Hbond substituents is 1. The lowest BCUT2D eigenvalue weighted by Gasteiger charge is -2.22. The van der Waals surface area contributed by atoms with Crippen LogP contribution in [0.4, 0.5) is 0 Å². The quantitative estimate of drug-likeness (QED) is 0.767. The minimum Gasteiger partial charge on any atom is -0.508 e. The highest BCUT2D eigenvalue weighted by molar-refractivity contribution is 7.88. The lowest BCUT2D eigenvalue weighted by molar-refractivity contribution is 0.269. The van der Waals surface area contributed by atoms with Crippen molar-refractivity contribution in [3.8, 4) is 5.75 Å². The Hall–Kier alpha value is -1.97. The standard InChI is InChI=1S/C18H27N5O3S/c1-13(2)17(21-27(3,25)26)18-20-19-16-8-9-22(10-11-23(16)18)12-14-4-6-15(24)7-5-14/h4-7,13,17,21,24H,8-12H2,1-3H3. The maximum Gasteiger partial charge on any atom is 0.209 e. The SMILES string of the molecule is CC(C)C(NS(C)(=O)=O)c1nnc2n1CCN(Cc1ccc(O)cc1)CC2. The van der Waals surface area contributed by atoms with Crippen LogP contribution < -0.4 is 4.72 Å². The smallest absolute Gasteiger partial charge is 0.209 e. The number of hydrogen-bond donors (Lipinski definition) is 2. The van der Waals surface area contributed by atoms with E-state index in [9.17, 15) is 13.5 Å². The summed E-state index contributed by atoms with van der Waals surface area (Å²) < 4.78 is 28.3. The van der Waals surface area contributed by atoms with Crippen LogP contribution in [0.15, 0.2) is 24.3 Å². The van der Waals surface area contributed by atoms with Gasteiger partial charge in [0.1, 0.15) is 11.6 Å². The zero-order valence-corrected chi connectivity index (χ0v) is 16.8. The first-order valence-corrected chi connectivity index (χ1v) is 11.0. The molecule has 0 radical (unpaired) electrons. The van der Waals surface area contributed by atoms with Crippen LogP contribution in [0.5, 0.6) is 5.75 Å². The molecule has 9 heteroatoms. The molecule has 3 rings (SSSR count). The van der Waals surface area contributed by atoms with Crippen LogP contribution in [-0.4, -0.2) is 52.5 Å². The summed E-state index contributed by atoms with van der Waals surface area (Å²) in [6, 6.07) is 6.85. The molecule has 1 atom stereocenters. The molecule has 0 fully saturated rings. The normalized spacial score (nSPS) is 16.9. The summed E-state index contributed by atoms with van der Waals surface area (Å²) in [7, 11) is -3.35. The maximum atomic E-state index is 11.8. The highest BCUT2D eigenvalue weighted by Gasteiger charge is 2.28. The average Bonchev–Trinajstić information content (AvgIpc) is 2.88. The summed E-state index contributed by atoms with van der Waals surface area (Å²) in [6.07, 6.45) is 1.93. The number of fused-ring (bicyclic) bond motifs is 1. The molecule has 1 aromatic heterocycles. The van der Waals surface area contributed by atoms with Crippen molar-refractivity contribution >= 4 is 10.0 Å². The van der Waals surface area contributed by atoms with Crippen molar-refractivity contribution in [2.24, 2.45) is 5.92 Å². The van der Waals surface area contributed by atoms with Gasteiger partial charge in [0, 0.05) is 32.6 Å². The summed E-state index contributed by atoms with van der Waals surface area (Å²) in [5, 5.41) is 18.1. The van der Waals surface area contributed by atoms with Crippen molar-refractivity contribution in [2.45, 2.75) is 39.4 Å². The zero-order valence-electron chi connectivity index (χ0n) is 16.0. The first-order chi connectivity index (χ1) is 12.7. The highest BCUT2D eigenvalue weighted by Crippen LogP contribution is 2.23. The van der Waals surface area contributed by atoms with Crippen LogP contribution in [0.1, 0.15) is 37.1 Å². The second-order valence-electron chi connectivity index (χ2n) is 7.43. The van der Waals surface area contributed by atoms with Gasteiger partial charge in [0.05, 0.1) is 12.3 Å². The number of aromatic nitrogens is 3. The molecule has 148 valence electrons. The van der Waals surface area contributed by atoms with Crippen LogP contribution in [0.25, 0.3) is 0 Å². The molecule has 8 nitrogen and oxygen atoms in total. The number of nitrogens with one attached hydrogen (secondary N) is 1. The summed E-state index contributed by atoms with van der Waals surface area (Å²) in [4.78, 5) is 2.33. The van der Waals surface area contributed by atoms with Crippen LogP contribution in [0.3, 0.4) is 0 Å². The van der Waals surface area contributed by atoms with E-state index >= 15 is 0 Å². The van der Waals surface area contributed by atoms with E-state index in [4.69, 9.17) is 0 Å². The van der Waals surface area contributed by atoms with E-state index in [0.717, 1.165) is 37.4 Å². The maximum absolute atomic E-state index is 11.8. The molecule has 0 amide bonds. The number of nitrogens with zero attached hydrogens (tertiary/aromatic N) is 4.